The predicted molar refractivity (Wildman–Crippen MR) is 67.1 cm³/mol. The highest BCUT2D eigenvalue weighted by Crippen LogP contribution is 2.06. The Labute approximate surface area is 108 Å². The fourth-order valence-electron chi connectivity index (χ4n) is 1.52. The van der Waals surface area contributed by atoms with Crippen molar-refractivity contribution in [3.8, 4) is 0 Å². The molecule has 3 unspecified atom stereocenters. The number of carbonyl (C=O) groups is 1. The second kappa shape index (κ2) is 10.0. The number of amides is 1. The van der Waals surface area contributed by atoms with Gasteiger partial charge in [-0.2, -0.15) is 0 Å². The molecule has 0 bridgehead atoms. The summed E-state index contributed by atoms with van der Waals surface area (Å²) in [5.74, 6) is -0.259. The van der Waals surface area contributed by atoms with E-state index in [1.807, 2.05) is 6.92 Å². The molecule has 3 atom stereocenters. The molecular formula is C12H23NO5. The number of ether oxygens (including phenoxy) is 2. The number of hydrogen-bond donors (Lipinski definition) is 3. The number of hydrogen-bond acceptors (Lipinski definition) is 5. The van der Waals surface area contributed by atoms with E-state index in [2.05, 4.69) is 5.32 Å². The van der Waals surface area contributed by atoms with Crippen LogP contribution in [0, 0.1) is 0 Å². The molecule has 0 aromatic rings. The quantitative estimate of drug-likeness (QED) is 0.485. The molecule has 6 heteroatoms. The van der Waals surface area contributed by atoms with Gasteiger partial charge in [0, 0.05) is 14.0 Å². The third-order valence-corrected chi connectivity index (χ3v) is 2.30. The van der Waals surface area contributed by atoms with E-state index in [1.54, 1.807) is 12.2 Å². The minimum Gasteiger partial charge on any atom is -0.394 e. The minimum atomic E-state index is -0.568. The Balaban J connectivity index is 4.63. The molecule has 0 aromatic heterocycles. The molecule has 0 aliphatic heterocycles. The Hall–Kier alpha value is -0.950. The van der Waals surface area contributed by atoms with Crippen molar-refractivity contribution < 1.29 is 24.5 Å². The summed E-state index contributed by atoms with van der Waals surface area (Å²) in [5.41, 5.74) is 0. The van der Waals surface area contributed by atoms with Gasteiger partial charge in [-0.25, -0.2) is 0 Å². The lowest BCUT2D eigenvalue weighted by Crippen LogP contribution is -2.49. The van der Waals surface area contributed by atoms with E-state index >= 15 is 0 Å². The standard InChI is InChI=1S/C12H23NO5/c1-4-5-10(6-14)18-12(8-17-3)11(7-15)13-9(2)16/h4-5,10-12,14-15H,6-8H2,1-3H3,(H,13,16)/b5-4+. The Bertz CT molecular complexity index is 257. The highest BCUT2D eigenvalue weighted by Gasteiger charge is 2.24. The fraction of sp³-hybridized carbons (Fsp3) is 0.750. The van der Waals surface area contributed by atoms with E-state index in [4.69, 9.17) is 14.6 Å². The largest absolute Gasteiger partial charge is 0.394 e. The Morgan fingerprint density at radius 2 is 2.06 bits per heavy atom. The van der Waals surface area contributed by atoms with Gasteiger partial charge in [-0.15, -0.1) is 0 Å². The van der Waals surface area contributed by atoms with Crippen LogP contribution in [0.2, 0.25) is 0 Å². The second-order valence-electron chi connectivity index (χ2n) is 3.87. The molecule has 1 amide bonds. The summed E-state index contributed by atoms with van der Waals surface area (Å²) in [5, 5.41) is 21.0. The van der Waals surface area contributed by atoms with Gasteiger partial charge in [-0.05, 0) is 6.92 Å². The zero-order chi connectivity index (χ0) is 14.0. The first-order valence-electron chi connectivity index (χ1n) is 5.85. The van der Waals surface area contributed by atoms with Crippen LogP contribution in [0.1, 0.15) is 13.8 Å². The van der Waals surface area contributed by atoms with Crippen LogP contribution < -0.4 is 5.32 Å². The molecule has 0 aromatic carbocycles. The van der Waals surface area contributed by atoms with E-state index in [1.165, 1.54) is 14.0 Å². The number of aliphatic hydroxyl groups is 2. The van der Waals surface area contributed by atoms with Gasteiger partial charge in [-0.3, -0.25) is 4.79 Å². The predicted octanol–water partition coefficient (Wildman–Crippen LogP) is -0.548. The monoisotopic (exact) mass is 261 g/mol. The third kappa shape index (κ3) is 6.70. The molecule has 0 saturated heterocycles. The van der Waals surface area contributed by atoms with Crippen molar-refractivity contribution in [2.45, 2.75) is 32.1 Å². The summed E-state index contributed by atoms with van der Waals surface area (Å²) in [6.45, 7) is 2.95. The maximum atomic E-state index is 11.0. The van der Waals surface area contributed by atoms with Gasteiger partial charge < -0.3 is 25.0 Å². The lowest BCUT2D eigenvalue weighted by atomic mass is 10.1. The first-order valence-corrected chi connectivity index (χ1v) is 5.85. The zero-order valence-electron chi connectivity index (χ0n) is 11.1. The first kappa shape index (κ1) is 17.1. The molecule has 0 aliphatic rings. The number of aliphatic hydroxyl groups excluding tert-OH is 2. The van der Waals surface area contributed by atoms with Gasteiger partial charge in [0.15, 0.2) is 0 Å². The molecule has 0 radical (unpaired) electrons. The van der Waals surface area contributed by atoms with Crippen molar-refractivity contribution in [2.75, 3.05) is 26.9 Å². The molecule has 0 heterocycles. The summed E-state index contributed by atoms with van der Waals surface area (Å²) in [7, 11) is 1.50. The number of nitrogens with one attached hydrogen (secondary N) is 1. The average molecular weight is 261 g/mol. The summed E-state index contributed by atoms with van der Waals surface area (Å²) < 4.78 is 10.6. The van der Waals surface area contributed by atoms with Crippen molar-refractivity contribution in [2.24, 2.45) is 0 Å². The van der Waals surface area contributed by atoms with Gasteiger partial charge in [0.05, 0.1) is 32.0 Å². The normalized spacial score (nSPS) is 16.5. The van der Waals surface area contributed by atoms with Gasteiger partial charge in [-0.1, -0.05) is 12.2 Å². The molecule has 3 N–H and O–H groups in total. The SMILES string of the molecule is C/C=C/C(CO)OC(COC)C(CO)NC(C)=O. The molecule has 0 fully saturated rings. The summed E-state index contributed by atoms with van der Waals surface area (Å²) in [4.78, 5) is 11.0. The van der Waals surface area contributed by atoms with E-state index in [0.29, 0.717) is 0 Å². The molecule has 106 valence electrons. The molecule has 0 aliphatic carbocycles. The van der Waals surface area contributed by atoms with Crippen molar-refractivity contribution >= 4 is 5.91 Å². The van der Waals surface area contributed by atoms with Gasteiger partial charge in [0.2, 0.25) is 5.91 Å². The summed E-state index contributed by atoms with van der Waals surface area (Å²) in [6.07, 6.45) is 2.44. The first-order chi connectivity index (χ1) is 8.58. The van der Waals surface area contributed by atoms with E-state index in [-0.39, 0.29) is 25.7 Å². The zero-order valence-corrected chi connectivity index (χ0v) is 11.1. The van der Waals surface area contributed by atoms with E-state index in [0.717, 1.165) is 0 Å². The van der Waals surface area contributed by atoms with Crippen molar-refractivity contribution in [1.29, 1.82) is 0 Å². The lowest BCUT2D eigenvalue weighted by molar-refractivity contribution is -0.123. The fourth-order valence-corrected chi connectivity index (χ4v) is 1.52. The highest BCUT2D eigenvalue weighted by molar-refractivity contribution is 5.73. The molecule has 6 nitrogen and oxygen atoms in total. The van der Waals surface area contributed by atoms with Crippen LogP contribution in [0.15, 0.2) is 12.2 Å². The molecule has 0 spiro atoms. The maximum Gasteiger partial charge on any atom is 0.217 e. The Morgan fingerprint density at radius 3 is 2.44 bits per heavy atom. The van der Waals surface area contributed by atoms with Crippen LogP contribution in [0.5, 0.6) is 0 Å². The van der Waals surface area contributed by atoms with Crippen LogP contribution in [0.4, 0.5) is 0 Å². The van der Waals surface area contributed by atoms with Crippen molar-refractivity contribution in [3.05, 3.63) is 12.2 Å². The van der Waals surface area contributed by atoms with Gasteiger partial charge >= 0.3 is 0 Å². The van der Waals surface area contributed by atoms with Crippen molar-refractivity contribution in [1.82, 2.24) is 5.32 Å². The van der Waals surface area contributed by atoms with Gasteiger partial charge in [0.1, 0.15) is 6.10 Å². The summed E-state index contributed by atoms with van der Waals surface area (Å²) >= 11 is 0. The maximum absolute atomic E-state index is 11.0. The molecular weight excluding hydrogens is 238 g/mol. The van der Waals surface area contributed by atoms with Crippen LogP contribution in [-0.2, 0) is 14.3 Å². The smallest absolute Gasteiger partial charge is 0.217 e. The van der Waals surface area contributed by atoms with Gasteiger partial charge in [0.25, 0.3) is 0 Å². The third-order valence-electron chi connectivity index (χ3n) is 2.30. The van der Waals surface area contributed by atoms with E-state index in [9.17, 15) is 9.90 Å². The summed E-state index contributed by atoms with van der Waals surface area (Å²) in [6, 6.07) is -0.568. The van der Waals surface area contributed by atoms with Crippen LogP contribution >= 0.6 is 0 Å². The molecule has 18 heavy (non-hydrogen) atoms. The number of allylic oxidation sites excluding steroid dienone is 1. The highest BCUT2D eigenvalue weighted by atomic mass is 16.5. The molecule has 0 rings (SSSR count). The Kier molecular flexibility index (Phi) is 9.49. The second-order valence-corrected chi connectivity index (χ2v) is 3.87. The van der Waals surface area contributed by atoms with E-state index < -0.39 is 18.2 Å². The lowest BCUT2D eigenvalue weighted by Gasteiger charge is -2.28. The van der Waals surface area contributed by atoms with Crippen LogP contribution in [0.25, 0.3) is 0 Å². The Morgan fingerprint density at radius 1 is 1.39 bits per heavy atom. The number of rotatable bonds is 9. The van der Waals surface area contributed by atoms with Crippen LogP contribution in [0.3, 0.4) is 0 Å². The average Bonchev–Trinajstić information content (AvgIpc) is 2.34. The minimum absolute atomic E-state index is 0.178. The number of methoxy groups -OCH3 is 1. The topological polar surface area (TPSA) is 88.0 Å². The molecule has 0 saturated carbocycles. The number of carbonyl (C=O) groups excluding carboxylic acids is 1. The van der Waals surface area contributed by atoms with Crippen molar-refractivity contribution in [3.63, 3.8) is 0 Å². The van der Waals surface area contributed by atoms with Crippen LogP contribution in [-0.4, -0.2) is 61.3 Å².